The first-order valence-corrected chi connectivity index (χ1v) is 10.1. The van der Waals surface area contributed by atoms with Crippen LogP contribution in [0.4, 0.5) is 15.9 Å². The van der Waals surface area contributed by atoms with Crippen molar-refractivity contribution in [1.82, 2.24) is 9.97 Å². The van der Waals surface area contributed by atoms with Gasteiger partial charge in [-0.2, -0.15) is 0 Å². The lowest BCUT2D eigenvalue weighted by molar-refractivity contribution is 0.628. The smallest absolute Gasteiger partial charge is 0.143 e. The third-order valence-corrected chi connectivity index (χ3v) is 5.81. The molecule has 3 nitrogen and oxygen atoms in total. The first kappa shape index (κ1) is 18.6. The average molecular weight is 392 g/mol. The number of aromatic nitrogens is 2. The number of rotatable bonds is 4. The largest absolute Gasteiger partial charge is 0.340 e. The Kier molecular flexibility index (Phi) is 4.85. The highest BCUT2D eigenvalue weighted by atomic mass is 32.1. The predicted octanol–water partition coefficient (Wildman–Crippen LogP) is 6.98. The number of benzene rings is 2. The molecule has 0 aliphatic carbocycles. The molecular weight excluding hydrogens is 369 g/mol. The van der Waals surface area contributed by atoms with Crippen molar-refractivity contribution in [2.75, 3.05) is 5.32 Å². The van der Waals surface area contributed by atoms with Gasteiger partial charge in [-0.3, -0.25) is 0 Å². The normalized spacial score (nSPS) is 11.4. The standard InChI is InChI=1S/C23H22FN3S/c1-13(2)16-7-11-19(12-8-16)27-22-21-20(17-5-9-18(24)10-6-17)14(3)28-23(21)26-15(4)25-22/h5-13H,1-4H3,(H,25,26,27). The Hall–Kier alpha value is -2.79. The molecule has 142 valence electrons. The fraction of sp³-hybridized carbons (Fsp3) is 0.217. The van der Waals surface area contributed by atoms with Crippen LogP contribution in [0.3, 0.4) is 0 Å². The monoisotopic (exact) mass is 391 g/mol. The summed E-state index contributed by atoms with van der Waals surface area (Å²) in [4.78, 5) is 11.4. The van der Waals surface area contributed by atoms with E-state index in [1.54, 1.807) is 11.3 Å². The molecule has 2 heterocycles. The first-order valence-electron chi connectivity index (χ1n) is 9.33. The molecule has 2 aromatic heterocycles. The second kappa shape index (κ2) is 7.32. The SMILES string of the molecule is Cc1nc(Nc2ccc(C(C)C)cc2)c2c(-c3ccc(F)cc3)c(C)sc2n1. The van der Waals surface area contributed by atoms with E-state index in [-0.39, 0.29) is 5.82 Å². The molecule has 4 rings (SSSR count). The number of hydrogen-bond donors (Lipinski definition) is 1. The van der Waals surface area contributed by atoms with Gasteiger partial charge in [-0.05, 0) is 55.2 Å². The lowest BCUT2D eigenvalue weighted by atomic mass is 10.0. The number of fused-ring (bicyclic) bond motifs is 1. The van der Waals surface area contributed by atoms with E-state index in [4.69, 9.17) is 0 Å². The minimum atomic E-state index is -0.239. The fourth-order valence-corrected chi connectivity index (χ4v) is 4.45. The molecule has 5 heteroatoms. The lowest BCUT2D eigenvalue weighted by Crippen LogP contribution is -1.99. The molecular formula is C23H22FN3S. The highest BCUT2D eigenvalue weighted by molar-refractivity contribution is 7.19. The van der Waals surface area contributed by atoms with Crippen LogP contribution in [-0.2, 0) is 0 Å². The summed E-state index contributed by atoms with van der Waals surface area (Å²) in [6.07, 6.45) is 0. The topological polar surface area (TPSA) is 37.8 Å². The van der Waals surface area contributed by atoms with E-state index < -0.39 is 0 Å². The highest BCUT2D eigenvalue weighted by Gasteiger charge is 2.18. The average Bonchev–Trinajstić information content (AvgIpc) is 2.98. The van der Waals surface area contributed by atoms with Crippen LogP contribution in [-0.4, -0.2) is 9.97 Å². The van der Waals surface area contributed by atoms with E-state index >= 15 is 0 Å². The maximum absolute atomic E-state index is 13.4. The lowest BCUT2D eigenvalue weighted by Gasteiger charge is -2.11. The second-order valence-electron chi connectivity index (χ2n) is 7.24. The Morgan fingerprint density at radius 3 is 2.25 bits per heavy atom. The molecule has 0 saturated heterocycles. The van der Waals surface area contributed by atoms with Crippen LogP contribution in [0.15, 0.2) is 48.5 Å². The van der Waals surface area contributed by atoms with E-state index in [0.717, 1.165) is 43.6 Å². The van der Waals surface area contributed by atoms with Crippen LogP contribution < -0.4 is 5.32 Å². The van der Waals surface area contributed by atoms with Crippen LogP contribution in [0.25, 0.3) is 21.3 Å². The summed E-state index contributed by atoms with van der Waals surface area (Å²) in [7, 11) is 0. The minimum absolute atomic E-state index is 0.239. The zero-order valence-electron chi connectivity index (χ0n) is 16.4. The number of aryl methyl sites for hydroxylation is 2. The summed E-state index contributed by atoms with van der Waals surface area (Å²) < 4.78 is 13.4. The quantitative estimate of drug-likeness (QED) is 0.408. The molecule has 2 aromatic carbocycles. The Bertz CT molecular complexity index is 1130. The Labute approximate surface area is 168 Å². The molecule has 0 fully saturated rings. The Morgan fingerprint density at radius 2 is 1.61 bits per heavy atom. The third kappa shape index (κ3) is 3.50. The van der Waals surface area contributed by atoms with E-state index in [1.165, 1.54) is 17.7 Å². The van der Waals surface area contributed by atoms with Gasteiger partial charge in [0.1, 0.15) is 22.3 Å². The molecule has 0 atom stereocenters. The van der Waals surface area contributed by atoms with Crippen molar-refractivity contribution in [2.45, 2.75) is 33.6 Å². The zero-order chi connectivity index (χ0) is 19.8. The molecule has 1 N–H and O–H groups in total. The number of hydrogen-bond acceptors (Lipinski definition) is 4. The van der Waals surface area contributed by atoms with Crippen LogP contribution in [0.5, 0.6) is 0 Å². The molecule has 0 aliphatic rings. The summed E-state index contributed by atoms with van der Waals surface area (Å²) in [6.45, 7) is 8.34. The summed E-state index contributed by atoms with van der Waals surface area (Å²) in [5.74, 6) is 1.76. The Balaban J connectivity index is 1.84. The fourth-order valence-electron chi connectivity index (χ4n) is 3.36. The number of anilines is 2. The van der Waals surface area contributed by atoms with Gasteiger partial charge in [-0.15, -0.1) is 11.3 Å². The molecule has 0 amide bonds. The number of nitrogens with zero attached hydrogens (tertiary/aromatic N) is 2. The third-order valence-electron chi connectivity index (χ3n) is 4.81. The summed E-state index contributed by atoms with van der Waals surface area (Å²) in [5.41, 5.74) is 4.31. The van der Waals surface area contributed by atoms with Crippen molar-refractivity contribution in [3.8, 4) is 11.1 Å². The molecule has 0 spiro atoms. The Morgan fingerprint density at radius 1 is 0.929 bits per heavy atom. The van der Waals surface area contributed by atoms with Crippen molar-refractivity contribution < 1.29 is 4.39 Å². The zero-order valence-corrected chi connectivity index (χ0v) is 17.2. The molecule has 0 radical (unpaired) electrons. The molecule has 0 aliphatic heterocycles. The van der Waals surface area contributed by atoms with Crippen molar-refractivity contribution in [1.29, 1.82) is 0 Å². The number of nitrogens with one attached hydrogen (secondary N) is 1. The highest BCUT2D eigenvalue weighted by Crippen LogP contribution is 2.41. The molecule has 4 aromatic rings. The van der Waals surface area contributed by atoms with Gasteiger partial charge in [0.15, 0.2) is 0 Å². The van der Waals surface area contributed by atoms with Gasteiger partial charge in [0.25, 0.3) is 0 Å². The van der Waals surface area contributed by atoms with Crippen LogP contribution in [0, 0.1) is 19.7 Å². The number of thiophene rings is 1. The van der Waals surface area contributed by atoms with Gasteiger partial charge in [-0.25, -0.2) is 14.4 Å². The van der Waals surface area contributed by atoms with Gasteiger partial charge >= 0.3 is 0 Å². The number of halogens is 1. The van der Waals surface area contributed by atoms with Crippen molar-refractivity contribution >= 4 is 33.1 Å². The van der Waals surface area contributed by atoms with Gasteiger partial charge in [-0.1, -0.05) is 38.1 Å². The van der Waals surface area contributed by atoms with Crippen LogP contribution in [0.1, 0.15) is 36.0 Å². The van der Waals surface area contributed by atoms with Crippen LogP contribution >= 0.6 is 11.3 Å². The van der Waals surface area contributed by atoms with Crippen molar-refractivity contribution in [3.05, 3.63) is 70.6 Å². The van der Waals surface area contributed by atoms with Crippen molar-refractivity contribution in [3.63, 3.8) is 0 Å². The van der Waals surface area contributed by atoms with Crippen molar-refractivity contribution in [2.24, 2.45) is 0 Å². The minimum Gasteiger partial charge on any atom is -0.340 e. The summed E-state index contributed by atoms with van der Waals surface area (Å²) in [6, 6.07) is 15.0. The second-order valence-corrected chi connectivity index (χ2v) is 8.44. The molecule has 28 heavy (non-hydrogen) atoms. The van der Waals surface area contributed by atoms with E-state index in [9.17, 15) is 4.39 Å². The maximum Gasteiger partial charge on any atom is 0.143 e. The van der Waals surface area contributed by atoms with Gasteiger partial charge in [0.05, 0.1) is 5.39 Å². The van der Waals surface area contributed by atoms with Gasteiger partial charge < -0.3 is 5.32 Å². The summed E-state index contributed by atoms with van der Waals surface area (Å²) >= 11 is 1.64. The van der Waals surface area contributed by atoms with Crippen LogP contribution in [0.2, 0.25) is 0 Å². The molecule has 0 bridgehead atoms. The van der Waals surface area contributed by atoms with E-state index in [1.807, 2.05) is 19.1 Å². The predicted molar refractivity (Wildman–Crippen MR) is 116 cm³/mol. The summed E-state index contributed by atoms with van der Waals surface area (Å²) in [5, 5.41) is 4.45. The van der Waals surface area contributed by atoms with E-state index in [2.05, 4.69) is 60.3 Å². The van der Waals surface area contributed by atoms with E-state index in [0.29, 0.717) is 5.92 Å². The molecule has 0 unspecified atom stereocenters. The van der Waals surface area contributed by atoms with Gasteiger partial charge in [0.2, 0.25) is 0 Å². The van der Waals surface area contributed by atoms with Gasteiger partial charge in [0, 0.05) is 16.1 Å². The molecule has 0 saturated carbocycles. The maximum atomic E-state index is 13.4. The first-order chi connectivity index (χ1) is 13.4.